The van der Waals surface area contributed by atoms with Crippen LogP contribution in [-0.2, 0) is 4.79 Å². The fraction of sp³-hybridized carbons (Fsp3) is 0.727. The van der Waals surface area contributed by atoms with E-state index in [0.717, 1.165) is 12.8 Å². The number of aliphatic hydroxyl groups is 1. The summed E-state index contributed by atoms with van der Waals surface area (Å²) in [6, 6.07) is 0.264. The lowest BCUT2D eigenvalue weighted by atomic mass is 9.92. The molecule has 1 rings (SSSR count). The lowest BCUT2D eigenvalue weighted by Gasteiger charge is -2.37. The molecule has 1 aliphatic rings. The molecule has 0 aromatic heterocycles. The fourth-order valence-electron chi connectivity index (χ4n) is 2.04. The van der Waals surface area contributed by atoms with Gasteiger partial charge in [0.2, 0.25) is 5.91 Å². The van der Waals surface area contributed by atoms with E-state index in [4.69, 9.17) is 5.11 Å². The molecule has 1 amide bonds. The van der Waals surface area contributed by atoms with Gasteiger partial charge in [0.1, 0.15) is 5.76 Å². The predicted octanol–water partition coefficient (Wildman–Crippen LogP) is 2.10. The summed E-state index contributed by atoms with van der Waals surface area (Å²) in [5.41, 5.74) is 0. The van der Waals surface area contributed by atoms with Crippen molar-refractivity contribution < 1.29 is 9.90 Å². The second-order valence-electron chi connectivity index (χ2n) is 4.29. The fourth-order valence-corrected chi connectivity index (χ4v) is 2.04. The molecule has 1 aliphatic heterocycles. The van der Waals surface area contributed by atoms with Crippen LogP contribution in [0.4, 0.5) is 0 Å². The molecular formula is C11H19NO2. The van der Waals surface area contributed by atoms with Gasteiger partial charge in [-0.25, -0.2) is 0 Å². The van der Waals surface area contributed by atoms with Crippen LogP contribution in [0.1, 0.15) is 33.1 Å². The van der Waals surface area contributed by atoms with Crippen molar-refractivity contribution in [1.82, 2.24) is 4.90 Å². The monoisotopic (exact) mass is 197 g/mol. The number of carbonyl (C=O) groups is 1. The van der Waals surface area contributed by atoms with Crippen molar-refractivity contribution in [3.05, 3.63) is 12.3 Å². The Bertz CT molecular complexity index is 235. The first-order valence-corrected chi connectivity index (χ1v) is 5.18. The summed E-state index contributed by atoms with van der Waals surface area (Å²) in [7, 11) is 0. The first-order chi connectivity index (χ1) is 6.52. The highest BCUT2D eigenvalue weighted by atomic mass is 16.3. The Morgan fingerprint density at radius 3 is 2.86 bits per heavy atom. The van der Waals surface area contributed by atoms with E-state index in [1.807, 2.05) is 0 Å². The van der Waals surface area contributed by atoms with Crippen LogP contribution in [0.3, 0.4) is 0 Å². The van der Waals surface area contributed by atoms with Gasteiger partial charge in [-0.1, -0.05) is 20.4 Å². The zero-order chi connectivity index (χ0) is 10.7. The Kier molecular flexibility index (Phi) is 3.55. The molecule has 0 bridgehead atoms. The third kappa shape index (κ3) is 2.50. The number of aliphatic hydroxyl groups excluding tert-OH is 1. The number of carbonyl (C=O) groups excluding carboxylic acids is 1. The zero-order valence-corrected chi connectivity index (χ0v) is 8.99. The van der Waals surface area contributed by atoms with Gasteiger partial charge < -0.3 is 10.0 Å². The molecule has 1 unspecified atom stereocenters. The van der Waals surface area contributed by atoms with Crippen LogP contribution in [0.5, 0.6) is 0 Å². The van der Waals surface area contributed by atoms with Gasteiger partial charge in [0, 0.05) is 12.5 Å². The van der Waals surface area contributed by atoms with Crippen LogP contribution >= 0.6 is 0 Å². The summed E-state index contributed by atoms with van der Waals surface area (Å²) >= 11 is 0. The van der Waals surface area contributed by atoms with E-state index < -0.39 is 0 Å². The van der Waals surface area contributed by atoms with Gasteiger partial charge in [-0.3, -0.25) is 4.79 Å². The molecule has 0 aromatic rings. The van der Waals surface area contributed by atoms with Gasteiger partial charge >= 0.3 is 0 Å². The molecule has 0 radical (unpaired) electrons. The summed E-state index contributed by atoms with van der Waals surface area (Å²) in [5, 5.41) is 9.13. The minimum atomic E-state index is 0.0749. The van der Waals surface area contributed by atoms with E-state index in [0.29, 0.717) is 18.9 Å². The standard InChI is InChI=1S/C11H19NO2/c1-8(2)10-5-4-6-11(14)12(10)7-9(3)13/h8,10,13H,3-7H2,1-2H3. The maximum absolute atomic E-state index is 11.6. The van der Waals surface area contributed by atoms with Crippen LogP contribution in [-0.4, -0.2) is 28.5 Å². The molecule has 3 heteroatoms. The molecule has 0 aromatic carbocycles. The van der Waals surface area contributed by atoms with Gasteiger partial charge in [-0.15, -0.1) is 0 Å². The summed E-state index contributed by atoms with van der Waals surface area (Å²) in [4.78, 5) is 13.4. The molecule has 14 heavy (non-hydrogen) atoms. The van der Waals surface area contributed by atoms with Crippen molar-refractivity contribution in [2.45, 2.75) is 39.2 Å². The molecular weight excluding hydrogens is 178 g/mol. The number of amides is 1. The molecule has 1 saturated heterocycles. The quantitative estimate of drug-likeness (QED) is 0.704. The average molecular weight is 197 g/mol. The second kappa shape index (κ2) is 4.49. The smallest absolute Gasteiger partial charge is 0.223 e. The highest BCUT2D eigenvalue weighted by Gasteiger charge is 2.29. The topological polar surface area (TPSA) is 40.5 Å². The van der Waals surface area contributed by atoms with Gasteiger partial charge in [0.15, 0.2) is 0 Å². The maximum atomic E-state index is 11.6. The van der Waals surface area contributed by atoms with Crippen molar-refractivity contribution in [3.8, 4) is 0 Å². The van der Waals surface area contributed by atoms with Gasteiger partial charge in [-0.05, 0) is 18.8 Å². The van der Waals surface area contributed by atoms with E-state index in [1.165, 1.54) is 0 Å². The highest BCUT2D eigenvalue weighted by Crippen LogP contribution is 2.24. The lowest BCUT2D eigenvalue weighted by molar-refractivity contribution is -0.137. The summed E-state index contributed by atoms with van der Waals surface area (Å²) in [6.07, 6.45) is 2.61. The average Bonchev–Trinajstić information content (AvgIpc) is 2.07. The number of nitrogens with zero attached hydrogens (tertiary/aromatic N) is 1. The number of hydrogen-bond donors (Lipinski definition) is 1. The van der Waals surface area contributed by atoms with Crippen LogP contribution < -0.4 is 0 Å². The third-order valence-corrected chi connectivity index (χ3v) is 2.73. The number of rotatable bonds is 3. The zero-order valence-electron chi connectivity index (χ0n) is 8.99. The van der Waals surface area contributed by atoms with Gasteiger partial charge in [0.25, 0.3) is 0 Å². The van der Waals surface area contributed by atoms with Crippen LogP contribution in [0, 0.1) is 5.92 Å². The van der Waals surface area contributed by atoms with Gasteiger partial charge in [-0.2, -0.15) is 0 Å². The predicted molar refractivity (Wildman–Crippen MR) is 56.0 cm³/mol. The molecule has 0 aliphatic carbocycles. The van der Waals surface area contributed by atoms with E-state index in [2.05, 4.69) is 20.4 Å². The van der Waals surface area contributed by atoms with Crippen molar-refractivity contribution in [2.24, 2.45) is 5.92 Å². The maximum Gasteiger partial charge on any atom is 0.223 e. The Balaban J connectivity index is 2.70. The Morgan fingerprint density at radius 2 is 2.36 bits per heavy atom. The normalized spacial score (nSPS) is 22.9. The summed E-state index contributed by atoms with van der Waals surface area (Å²) in [6.45, 7) is 7.95. The van der Waals surface area contributed by atoms with Crippen LogP contribution in [0.15, 0.2) is 12.3 Å². The third-order valence-electron chi connectivity index (χ3n) is 2.73. The van der Waals surface area contributed by atoms with Gasteiger partial charge in [0.05, 0.1) is 6.54 Å². The molecule has 0 spiro atoms. The van der Waals surface area contributed by atoms with E-state index in [-0.39, 0.29) is 17.7 Å². The first-order valence-electron chi connectivity index (χ1n) is 5.18. The Labute approximate surface area is 85.4 Å². The molecule has 0 saturated carbocycles. The molecule has 1 fully saturated rings. The summed E-state index contributed by atoms with van der Waals surface area (Å²) in [5.74, 6) is 0.662. The largest absolute Gasteiger partial charge is 0.511 e. The van der Waals surface area contributed by atoms with E-state index >= 15 is 0 Å². The van der Waals surface area contributed by atoms with Crippen LogP contribution in [0.2, 0.25) is 0 Å². The molecule has 1 N–H and O–H groups in total. The van der Waals surface area contributed by atoms with Crippen molar-refractivity contribution in [1.29, 1.82) is 0 Å². The van der Waals surface area contributed by atoms with Crippen molar-refractivity contribution in [2.75, 3.05) is 6.54 Å². The molecule has 80 valence electrons. The number of hydrogen-bond acceptors (Lipinski definition) is 2. The van der Waals surface area contributed by atoms with E-state index in [9.17, 15) is 4.79 Å². The molecule has 1 atom stereocenters. The number of piperidine rings is 1. The van der Waals surface area contributed by atoms with Crippen molar-refractivity contribution in [3.63, 3.8) is 0 Å². The van der Waals surface area contributed by atoms with Crippen LogP contribution in [0.25, 0.3) is 0 Å². The minimum absolute atomic E-state index is 0.0749. The molecule has 1 heterocycles. The highest BCUT2D eigenvalue weighted by molar-refractivity contribution is 5.77. The second-order valence-corrected chi connectivity index (χ2v) is 4.29. The first kappa shape index (κ1) is 11.1. The lowest BCUT2D eigenvalue weighted by Crippen LogP contribution is -2.47. The number of likely N-dealkylation sites (tertiary alicyclic amines) is 1. The molecule has 3 nitrogen and oxygen atoms in total. The SMILES string of the molecule is C=C(O)CN1C(=O)CCCC1C(C)C. The Hall–Kier alpha value is -0.990. The Morgan fingerprint density at radius 1 is 1.71 bits per heavy atom. The summed E-state index contributed by atoms with van der Waals surface area (Å²) < 4.78 is 0. The minimum Gasteiger partial charge on any atom is -0.511 e. The van der Waals surface area contributed by atoms with Crippen molar-refractivity contribution >= 4 is 5.91 Å². The van der Waals surface area contributed by atoms with E-state index in [1.54, 1.807) is 4.90 Å².